The second kappa shape index (κ2) is 8.12. The van der Waals surface area contributed by atoms with E-state index in [1.807, 2.05) is 31.2 Å². The fourth-order valence-corrected chi connectivity index (χ4v) is 2.40. The smallest absolute Gasteiger partial charge is 0.119 e. The third-order valence-electron chi connectivity index (χ3n) is 3.08. The minimum atomic E-state index is -0.00257. The first-order valence-electron chi connectivity index (χ1n) is 6.82. The first-order chi connectivity index (χ1) is 9.10. The number of nitrogens with two attached hydrogens (primary N) is 1. The predicted molar refractivity (Wildman–Crippen MR) is 84.7 cm³/mol. The van der Waals surface area contributed by atoms with Crippen LogP contribution in [0.4, 0.5) is 0 Å². The van der Waals surface area contributed by atoms with E-state index in [4.69, 9.17) is 22.7 Å². The Balaban J connectivity index is 2.83. The normalized spacial score (nSPS) is 12.4. The Bertz CT molecular complexity index is 392. The van der Waals surface area contributed by atoms with Gasteiger partial charge in [0.05, 0.1) is 17.6 Å². The minimum absolute atomic E-state index is 0.00257. The Morgan fingerprint density at radius 2 is 1.95 bits per heavy atom. The summed E-state index contributed by atoms with van der Waals surface area (Å²) < 4.78 is 5.45. The van der Waals surface area contributed by atoms with Gasteiger partial charge in [-0.25, -0.2) is 0 Å². The van der Waals surface area contributed by atoms with E-state index < -0.39 is 0 Å². The summed E-state index contributed by atoms with van der Waals surface area (Å²) in [6.45, 7) is 5.82. The van der Waals surface area contributed by atoms with E-state index in [0.717, 1.165) is 30.7 Å². The molecule has 4 heteroatoms. The molecule has 0 amide bonds. The van der Waals surface area contributed by atoms with Crippen LogP contribution in [0.5, 0.6) is 5.75 Å². The Hall–Kier alpha value is -1.13. The number of unbranched alkanes of at least 4 members (excludes halogenated alkanes) is 1. The topological polar surface area (TPSA) is 38.5 Å². The van der Waals surface area contributed by atoms with Crippen molar-refractivity contribution in [3.63, 3.8) is 0 Å². The lowest BCUT2D eigenvalue weighted by Crippen LogP contribution is -2.34. The van der Waals surface area contributed by atoms with Gasteiger partial charge in [0.1, 0.15) is 5.75 Å². The van der Waals surface area contributed by atoms with Crippen LogP contribution in [0.1, 0.15) is 38.3 Å². The van der Waals surface area contributed by atoms with Crippen LogP contribution < -0.4 is 10.5 Å². The second-order valence-electron chi connectivity index (χ2n) is 4.64. The molecule has 1 unspecified atom stereocenters. The molecule has 0 aliphatic heterocycles. The summed E-state index contributed by atoms with van der Waals surface area (Å²) in [6, 6.07) is 8.02. The average molecular weight is 280 g/mol. The summed E-state index contributed by atoms with van der Waals surface area (Å²) >= 11 is 5.21. The summed E-state index contributed by atoms with van der Waals surface area (Å²) in [7, 11) is 2.07. The maximum absolute atomic E-state index is 5.90. The van der Waals surface area contributed by atoms with Gasteiger partial charge in [0, 0.05) is 0 Å². The van der Waals surface area contributed by atoms with Crippen LogP contribution in [0.2, 0.25) is 0 Å². The molecule has 0 spiro atoms. The molecule has 0 saturated carbocycles. The van der Waals surface area contributed by atoms with Crippen molar-refractivity contribution in [3.05, 3.63) is 29.8 Å². The van der Waals surface area contributed by atoms with Gasteiger partial charge in [-0.3, -0.25) is 4.90 Å². The van der Waals surface area contributed by atoms with Gasteiger partial charge in [-0.1, -0.05) is 37.7 Å². The zero-order valence-corrected chi connectivity index (χ0v) is 12.9. The van der Waals surface area contributed by atoms with E-state index in [1.165, 1.54) is 0 Å². The van der Waals surface area contributed by atoms with Gasteiger partial charge >= 0.3 is 0 Å². The SMILES string of the molecule is CCCCN(C)C(C(N)=S)c1ccc(OCC)cc1. The van der Waals surface area contributed by atoms with Crippen molar-refractivity contribution in [2.24, 2.45) is 5.73 Å². The first kappa shape index (κ1) is 15.9. The standard InChI is InChI=1S/C15H24N2OS/c1-4-6-11-17(3)14(15(16)19)12-7-9-13(10-8-12)18-5-2/h7-10,14H,4-6,11H2,1-3H3,(H2,16,19). The number of rotatable bonds is 8. The molecule has 106 valence electrons. The zero-order chi connectivity index (χ0) is 14.3. The number of thiocarbonyl (C=S) groups is 1. The van der Waals surface area contributed by atoms with Crippen molar-refractivity contribution in [1.82, 2.24) is 4.90 Å². The Labute approximate surface area is 121 Å². The van der Waals surface area contributed by atoms with Gasteiger partial charge in [0.15, 0.2) is 0 Å². The fourth-order valence-electron chi connectivity index (χ4n) is 2.09. The van der Waals surface area contributed by atoms with Crippen molar-refractivity contribution in [3.8, 4) is 5.75 Å². The van der Waals surface area contributed by atoms with E-state index in [-0.39, 0.29) is 6.04 Å². The molecule has 0 radical (unpaired) electrons. The van der Waals surface area contributed by atoms with Crippen LogP contribution >= 0.6 is 12.2 Å². The maximum atomic E-state index is 5.90. The molecule has 0 aromatic heterocycles. The van der Waals surface area contributed by atoms with Crippen LogP contribution in [0.3, 0.4) is 0 Å². The lowest BCUT2D eigenvalue weighted by Gasteiger charge is -2.27. The Kier molecular flexibility index (Phi) is 6.81. The highest BCUT2D eigenvalue weighted by atomic mass is 32.1. The second-order valence-corrected chi connectivity index (χ2v) is 5.11. The summed E-state index contributed by atoms with van der Waals surface area (Å²) in [6.07, 6.45) is 2.31. The van der Waals surface area contributed by atoms with Gasteiger partial charge in [0.2, 0.25) is 0 Å². The van der Waals surface area contributed by atoms with Gasteiger partial charge < -0.3 is 10.5 Å². The molecule has 1 aromatic carbocycles. The number of benzene rings is 1. The van der Waals surface area contributed by atoms with Crippen molar-refractivity contribution in [2.45, 2.75) is 32.7 Å². The third-order valence-corrected chi connectivity index (χ3v) is 3.30. The molecule has 2 N–H and O–H groups in total. The Morgan fingerprint density at radius 3 is 2.42 bits per heavy atom. The first-order valence-corrected chi connectivity index (χ1v) is 7.23. The van der Waals surface area contributed by atoms with Crippen molar-refractivity contribution >= 4 is 17.2 Å². The molecular formula is C15H24N2OS. The van der Waals surface area contributed by atoms with E-state index in [1.54, 1.807) is 0 Å². The summed E-state index contributed by atoms with van der Waals surface area (Å²) in [5, 5.41) is 0. The van der Waals surface area contributed by atoms with E-state index >= 15 is 0 Å². The van der Waals surface area contributed by atoms with Crippen LogP contribution in [-0.4, -0.2) is 30.1 Å². The highest BCUT2D eigenvalue weighted by Crippen LogP contribution is 2.23. The molecule has 1 aromatic rings. The summed E-state index contributed by atoms with van der Waals surface area (Å²) in [4.78, 5) is 2.73. The molecule has 0 fully saturated rings. The average Bonchev–Trinajstić information content (AvgIpc) is 2.38. The molecule has 0 aliphatic rings. The zero-order valence-electron chi connectivity index (χ0n) is 12.1. The summed E-state index contributed by atoms with van der Waals surface area (Å²) in [5.74, 6) is 0.879. The van der Waals surface area contributed by atoms with Crippen LogP contribution in [0.15, 0.2) is 24.3 Å². The number of likely N-dealkylation sites (N-methyl/N-ethyl adjacent to an activating group) is 1. The van der Waals surface area contributed by atoms with Crippen molar-refractivity contribution in [2.75, 3.05) is 20.2 Å². The summed E-state index contributed by atoms with van der Waals surface area (Å²) in [5.41, 5.74) is 7.02. The minimum Gasteiger partial charge on any atom is -0.494 e. The van der Waals surface area contributed by atoms with Crippen LogP contribution in [0, 0.1) is 0 Å². The highest BCUT2D eigenvalue weighted by molar-refractivity contribution is 7.80. The maximum Gasteiger partial charge on any atom is 0.119 e. The molecule has 19 heavy (non-hydrogen) atoms. The molecule has 3 nitrogen and oxygen atoms in total. The predicted octanol–water partition coefficient (Wildman–Crippen LogP) is 3.14. The number of nitrogens with zero attached hydrogens (tertiary/aromatic N) is 1. The molecular weight excluding hydrogens is 256 g/mol. The molecule has 0 bridgehead atoms. The van der Waals surface area contributed by atoms with Gasteiger partial charge in [-0.15, -0.1) is 0 Å². The van der Waals surface area contributed by atoms with Gasteiger partial charge in [0.25, 0.3) is 0 Å². The van der Waals surface area contributed by atoms with E-state index in [2.05, 4.69) is 18.9 Å². The molecule has 0 saturated heterocycles. The number of hydrogen-bond donors (Lipinski definition) is 1. The fraction of sp³-hybridized carbons (Fsp3) is 0.533. The number of ether oxygens (including phenoxy) is 1. The van der Waals surface area contributed by atoms with E-state index in [9.17, 15) is 0 Å². The third kappa shape index (κ3) is 4.80. The van der Waals surface area contributed by atoms with Crippen molar-refractivity contribution in [1.29, 1.82) is 0 Å². The monoisotopic (exact) mass is 280 g/mol. The largest absolute Gasteiger partial charge is 0.494 e. The quantitative estimate of drug-likeness (QED) is 0.742. The van der Waals surface area contributed by atoms with Gasteiger partial charge in [-0.2, -0.15) is 0 Å². The highest BCUT2D eigenvalue weighted by Gasteiger charge is 2.19. The lowest BCUT2D eigenvalue weighted by atomic mass is 10.1. The van der Waals surface area contributed by atoms with Crippen LogP contribution in [-0.2, 0) is 0 Å². The lowest BCUT2D eigenvalue weighted by molar-refractivity contribution is 0.296. The Morgan fingerprint density at radius 1 is 1.32 bits per heavy atom. The van der Waals surface area contributed by atoms with E-state index in [0.29, 0.717) is 11.6 Å². The van der Waals surface area contributed by atoms with Gasteiger partial charge in [-0.05, 0) is 44.6 Å². The van der Waals surface area contributed by atoms with Crippen molar-refractivity contribution < 1.29 is 4.74 Å². The molecule has 1 atom stereocenters. The van der Waals surface area contributed by atoms with Crippen LogP contribution in [0.25, 0.3) is 0 Å². The molecule has 0 heterocycles. The molecule has 1 rings (SSSR count). The number of hydrogen-bond acceptors (Lipinski definition) is 3. The molecule has 0 aliphatic carbocycles.